The first-order valence-electron chi connectivity index (χ1n) is 11.1. The van der Waals surface area contributed by atoms with Gasteiger partial charge in [0.25, 0.3) is 0 Å². The summed E-state index contributed by atoms with van der Waals surface area (Å²) in [7, 11) is 0. The van der Waals surface area contributed by atoms with Crippen LogP contribution in [0.15, 0.2) is 30.3 Å². The Balaban J connectivity index is 1.36. The highest BCUT2D eigenvalue weighted by atomic mass is 16.5. The zero-order valence-corrected chi connectivity index (χ0v) is 17.0. The Bertz CT molecular complexity index is 612. The monoisotopic (exact) mass is 385 g/mol. The molecule has 0 unspecified atom stereocenters. The molecule has 154 valence electrons. The standard InChI is InChI=1S/C23H35N3O2/c27-23(24-14-22-9-6-12-28-22)21-13-20(16-25-10-4-5-11-25)17-26(18-21)15-19-7-2-1-3-8-19/h1-3,7-8,20-22H,4-6,9-18H2,(H,24,27)/t20-,21-,22-/m1/s1. The van der Waals surface area contributed by atoms with Gasteiger partial charge >= 0.3 is 0 Å². The fraction of sp³-hybridized carbons (Fsp3) is 0.696. The topological polar surface area (TPSA) is 44.8 Å². The minimum Gasteiger partial charge on any atom is -0.376 e. The molecule has 5 heteroatoms. The van der Waals surface area contributed by atoms with Crippen LogP contribution in [0, 0.1) is 11.8 Å². The minimum absolute atomic E-state index is 0.0893. The molecule has 3 atom stereocenters. The average Bonchev–Trinajstić information content (AvgIpc) is 3.41. The molecule has 0 aromatic heterocycles. The molecule has 0 aliphatic carbocycles. The van der Waals surface area contributed by atoms with Crippen LogP contribution in [0.5, 0.6) is 0 Å². The molecular weight excluding hydrogens is 350 g/mol. The Hall–Kier alpha value is -1.43. The Morgan fingerprint density at radius 3 is 2.64 bits per heavy atom. The second-order valence-electron chi connectivity index (χ2n) is 8.87. The first kappa shape index (κ1) is 19.9. The highest BCUT2D eigenvalue weighted by molar-refractivity contribution is 5.79. The van der Waals surface area contributed by atoms with Gasteiger partial charge in [-0.2, -0.15) is 0 Å². The summed E-state index contributed by atoms with van der Waals surface area (Å²) >= 11 is 0. The summed E-state index contributed by atoms with van der Waals surface area (Å²) in [5.74, 6) is 0.889. The smallest absolute Gasteiger partial charge is 0.224 e. The largest absolute Gasteiger partial charge is 0.376 e. The number of carbonyl (C=O) groups excluding carboxylic acids is 1. The Kier molecular flexibility index (Phi) is 7.00. The molecule has 3 aliphatic rings. The van der Waals surface area contributed by atoms with Crippen molar-refractivity contribution in [3.05, 3.63) is 35.9 Å². The van der Waals surface area contributed by atoms with Gasteiger partial charge in [-0.1, -0.05) is 30.3 Å². The van der Waals surface area contributed by atoms with E-state index in [1.807, 2.05) is 0 Å². The molecule has 3 saturated heterocycles. The van der Waals surface area contributed by atoms with Crippen molar-refractivity contribution in [1.82, 2.24) is 15.1 Å². The molecule has 3 heterocycles. The quantitative estimate of drug-likeness (QED) is 0.783. The van der Waals surface area contributed by atoms with Gasteiger partial charge in [-0.3, -0.25) is 9.69 Å². The third kappa shape index (κ3) is 5.56. The summed E-state index contributed by atoms with van der Waals surface area (Å²) in [6.07, 6.45) is 6.07. The fourth-order valence-electron chi connectivity index (χ4n) is 5.09. The third-order valence-electron chi connectivity index (χ3n) is 6.48. The predicted octanol–water partition coefficient (Wildman–Crippen LogP) is 2.52. The summed E-state index contributed by atoms with van der Waals surface area (Å²) in [6, 6.07) is 10.7. The van der Waals surface area contributed by atoms with E-state index in [4.69, 9.17) is 4.74 Å². The van der Waals surface area contributed by atoms with E-state index in [0.717, 1.165) is 52.0 Å². The number of nitrogens with one attached hydrogen (secondary N) is 1. The van der Waals surface area contributed by atoms with Crippen molar-refractivity contribution in [2.24, 2.45) is 11.8 Å². The van der Waals surface area contributed by atoms with Crippen molar-refractivity contribution in [2.75, 3.05) is 45.9 Å². The van der Waals surface area contributed by atoms with E-state index in [2.05, 4.69) is 45.4 Å². The number of benzene rings is 1. The SMILES string of the molecule is O=C(NC[C@H]1CCCO1)[C@@H]1C[C@H](CN2CCCC2)CN(Cc2ccccc2)C1. The zero-order valence-electron chi connectivity index (χ0n) is 17.0. The van der Waals surface area contributed by atoms with Crippen molar-refractivity contribution in [2.45, 2.75) is 44.8 Å². The van der Waals surface area contributed by atoms with Crippen molar-refractivity contribution >= 4 is 5.91 Å². The van der Waals surface area contributed by atoms with Crippen LogP contribution in [0.25, 0.3) is 0 Å². The van der Waals surface area contributed by atoms with Gasteiger partial charge in [0.2, 0.25) is 5.91 Å². The third-order valence-corrected chi connectivity index (χ3v) is 6.48. The molecule has 1 amide bonds. The molecule has 0 saturated carbocycles. The van der Waals surface area contributed by atoms with E-state index in [1.54, 1.807) is 0 Å². The van der Waals surface area contributed by atoms with Crippen LogP contribution in [-0.2, 0) is 16.1 Å². The molecule has 0 radical (unpaired) electrons. The number of likely N-dealkylation sites (tertiary alicyclic amines) is 2. The maximum absolute atomic E-state index is 12.9. The van der Waals surface area contributed by atoms with Gasteiger partial charge in [-0.15, -0.1) is 0 Å². The van der Waals surface area contributed by atoms with E-state index in [-0.39, 0.29) is 17.9 Å². The highest BCUT2D eigenvalue weighted by Gasteiger charge is 2.33. The van der Waals surface area contributed by atoms with Crippen molar-refractivity contribution in [1.29, 1.82) is 0 Å². The molecule has 3 fully saturated rings. The van der Waals surface area contributed by atoms with Gasteiger partial charge in [0.1, 0.15) is 0 Å². The van der Waals surface area contributed by atoms with Crippen molar-refractivity contribution in [3.8, 4) is 0 Å². The lowest BCUT2D eigenvalue weighted by atomic mass is 9.87. The number of hydrogen-bond acceptors (Lipinski definition) is 4. The van der Waals surface area contributed by atoms with Crippen LogP contribution in [0.1, 0.15) is 37.7 Å². The molecule has 28 heavy (non-hydrogen) atoms. The lowest BCUT2D eigenvalue weighted by molar-refractivity contribution is -0.128. The normalized spacial score (nSPS) is 29.2. The number of carbonyl (C=O) groups is 1. The van der Waals surface area contributed by atoms with E-state index in [1.165, 1.54) is 31.5 Å². The maximum atomic E-state index is 12.9. The maximum Gasteiger partial charge on any atom is 0.224 e. The van der Waals surface area contributed by atoms with Crippen LogP contribution in [0.3, 0.4) is 0 Å². The Morgan fingerprint density at radius 1 is 1.07 bits per heavy atom. The summed E-state index contributed by atoms with van der Waals surface area (Å²) < 4.78 is 5.67. The molecule has 0 bridgehead atoms. The summed E-state index contributed by atoms with van der Waals surface area (Å²) in [6.45, 7) is 8.00. The molecule has 0 spiro atoms. The van der Waals surface area contributed by atoms with Crippen molar-refractivity contribution < 1.29 is 9.53 Å². The summed E-state index contributed by atoms with van der Waals surface area (Å²) in [4.78, 5) is 18.0. The number of nitrogens with zero attached hydrogens (tertiary/aromatic N) is 2. The number of rotatable bonds is 7. The van der Waals surface area contributed by atoms with Gasteiger partial charge in [0, 0.05) is 39.3 Å². The Labute approximate surface area is 169 Å². The first-order valence-corrected chi connectivity index (χ1v) is 11.1. The van der Waals surface area contributed by atoms with Crippen LogP contribution in [0.2, 0.25) is 0 Å². The van der Waals surface area contributed by atoms with Gasteiger partial charge < -0.3 is 15.0 Å². The van der Waals surface area contributed by atoms with Crippen LogP contribution >= 0.6 is 0 Å². The summed E-state index contributed by atoms with van der Waals surface area (Å²) in [5, 5.41) is 3.19. The molecular formula is C23H35N3O2. The van der Waals surface area contributed by atoms with Gasteiger partial charge in [-0.05, 0) is 56.7 Å². The summed E-state index contributed by atoms with van der Waals surface area (Å²) in [5.41, 5.74) is 1.34. The lowest BCUT2D eigenvalue weighted by Crippen LogP contribution is -2.49. The fourth-order valence-corrected chi connectivity index (χ4v) is 5.09. The molecule has 1 aromatic carbocycles. The molecule has 4 rings (SSSR count). The predicted molar refractivity (Wildman–Crippen MR) is 111 cm³/mol. The first-order chi connectivity index (χ1) is 13.8. The number of amides is 1. The molecule has 1 aromatic rings. The Morgan fingerprint density at radius 2 is 1.89 bits per heavy atom. The van der Waals surface area contributed by atoms with E-state index in [9.17, 15) is 4.79 Å². The molecule has 3 aliphatic heterocycles. The molecule has 5 nitrogen and oxygen atoms in total. The lowest BCUT2D eigenvalue weighted by Gasteiger charge is -2.38. The van der Waals surface area contributed by atoms with Gasteiger partial charge in [0.05, 0.1) is 12.0 Å². The second-order valence-corrected chi connectivity index (χ2v) is 8.87. The zero-order chi connectivity index (χ0) is 19.2. The van der Waals surface area contributed by atoms with E-state index < -0.39 is 0 Å². The van der Waals surface area contributed by atoms with E-state index in [0.29, 0.717) is 12.5 Å². The van der Waals surface area contributed by atoms with E-state index >= 15 is 0 Å². The molecule has 1 N–H and O–H groups in total. The second kappa shape index (κ2) is 9.86. The average molecular weight is 386 g/mol. The highest BCUT2D eigenvalue weighted by Crippen LogP contribution is 2.26. The van der Waals surface area contributed by atoms with Crippen molar-refractivity contribution in [3.63, 3.8) is 0 Å². The van der Waals surface area contributed by atoms with Crippen LogP contribution < -0.4 is 5.32 Å². The number of ether oxygens (including phenoxy) is 1. The van der Waals surface area contributed by atoms with Gasteiger partial charge in [-0.25, -0.2) is 0 Å². The number of piperidine rings is 1. The van der Waals surface area contributed by atoms with Gasteiger partial charge in [0.15, 0.2) is 0 Å². The van der Waals surface area contributed by atoms with Crippen LogP contribution in [-0.4, -0.2) is 67.7 Å². The number of hydrogen-bond donors (Lipinski definition) is 1. The van der Waals surface area contributed by atoms with Crippen LogP contribution in [0.4, 0.5) is 0 Å². The minimum atomic E-state index is 0.0893.